The van der Waals surface area contributed by atoms with Crippen LogP contribution in [0.3, 0.4) is 0 Å². The maximum Gasteiger partial charge on any atom is 0.120 e. The average molecular weight is 268 g/mol. The molecule has 98 valence electrons. The molecule has 0 bridgehead atoms. The van der Waals surface area contributed by atoms with Gasteiger partial charge >= 0.3 is 0 Å². The second kappa shape index (κ2) is 8.82. The Morgan fingerprint density at radius 3 is 3.06 bits per heavy atom. The summed E-state index contributed by atoms with van der Waals surface area (Å²) in [6, 6.07) is 7.10. The van der Waals surface area contributed by atoms with Gasteiger partial charge in [-0.1, -0.05) is 17.7 Å². The van der Waals surface area contributed by atoms with Gasteiger partial charge in [-0.05, 0) is 31.2 Å². The van der Waals surface area contributed by atoms with Crippen molar-refractivity contribution in [2.24, 2.45) is 0 Å². The van der Waals surface area contributed by atoms with Gasteiger partial charge in [-0.3, -0.25) is 0 Å². The number of ether oxygens (including phenoxy) is 1. The van der Waals surface area contributed by atoms with Crippen molar-refractivity contribution in [1.82, 2.24) is 5.32 Å². The molecule has 0 heterocycles. The van der Waals surface area contributed by atoms with Crippen molar-refractivity contribution in [3.63, 3.8) is 0 Å². The SMILES string of the molecule is C#CCCCNCC(O)COc1cccc(Cl)c1. The van der Waals surface area contributed by atoms with Crippen LogP contribution in [-0.4, -0.2) is 30.9 Å². The van der Waals surface area contributed by atoms with Crippen LogP contribution in [0, 0.1) is 12.3 Å². The van der Waals surface area contributed by atoms with Gasteiger partial charge in [-0.15, -0.1) is 12.3 Å². The number of nitrogens with one attached hydrogen (secondary N) is 1. The predicted molar refractivity (Wildman–Crippen MR) is 73.9 cm³/mol. The quantitative estimate of drug-likeness (QED) is 0.560. The molecule has 1 aromatic rings. The van der Waals surface area contributed by atoms with E-state index < -0.39 is 6.10 Å². The zero-order valence-electron chi connectivity index (χ0n) is 10.2. The average Bonchev–Trinajstić information content (AvgIpc) is 2.36. The summed E-state index contributed by atoms with van der Waals surface area (Å²) in [6.45, 7) is 1.53. The molecule has 2 N–H and O–H groups in total. The van der Waals surface area contributed by atoms with Gasteiger partial charge < -0.3 is 15.2 Å². The molecule has 1 atom stereocenters. The van der Waals surface area contributed by atoms with Crippen LogP contribution in [0.5, 0.6) is 5.75 Å². The number of hydrogen-bond donors (Lipinski definition) is 2. The number of aliphatic hydroxyl groups is 1. The van der Waals surface area contributed by atoms with Crippen molar-refractivity contribution in [2.75, 3.05) is 19.7 Å². The lowest BCUT2D eigenvalue weighted by Gasteiger charge is -2.13. The molecular formula is C14H18ClNO2. The fourth-order valence-electron chi connectivity index (χ4n) is 1.39. The van der Waals surface area contributed by atoms with Crippen molar-refractivity contribution >= 4 is 11.6 Å². The summed E-state index contributed by atoms with van der Waals surface area (Å²) < 4.78 is 5.42. The molecule has 0 spiro atoms. The number of halogens is 1. The fourth-order valence-corrected chi connectivity index (χ4v) is 1.57. The molecule has 0 fully saturated rings. The van der Waals surface area contributed by atoms with Crippen molar-refractivity contribution in [3.8, 4) is 18.1 Å². The van der Waals surface area contributed by atoms with E-state index in [0.29, 0.717) is 17.3 Å². The Bertz CT molecular complexity index is 390. The van der Waals surface area contributed by atoms with Gasteiger partial charge in [-0.2, -0.15) is 0 Å². The molecule has 1 unspecified atom stereocenters. The fraction of sp³-hybridized carbons (Fsp3) is 0.429. The molecule has 18 heavy (non-hydrogen) atoms. The Hall–Kier alpha value is -1.21. The minimum absolute atomic E-state index is 0.239. The molecule has 0 aliphatic carbocycles. The van der Waals surface area contributed by atoms with Crippen LogP contribution < -0.4 is 10.1 Å². The third-order valence-corrected chi connectivity index (χ3v) is 2.53. The normalized spacial score (nSPS) is 11.8. The molecule has 1 aromatic carbocycles. The van der Waals surface area contributed by atoms with Crippen molar-refractivity contribution < 1.29 is 9.84 Å². The molecule has 4 heteroatoms. The third-order valence-electron chi connectivity index (χ3n) is 2.29. The second-order valence-electron chi connectivity index (χ2n) is 3.93. The van der Waals surface area contributed by atoms with Gasteiger partial charge in [0.05, 0.1) is 0 Å². The minimum atomic E-state index is -0.546. The number of benzene rings is 1. The minimum Gasteiger partial charge on any atom is -0.491 e. The van der Waals surface area contributed by atoms with E-state index in [1.165, 1.54) is 0 Å². The first-order valence-electron chi connectivity index (χ1n) is 5.93. The highest BCUT2D eigenvalue weighted by atomic mass is 35.5. The smallest absolute Gasteiger partial charge is 0.120 e. The van der Waals surface area contributed by atoms with Crippen LogP contribution >= 0.6 is 11.6 Å². The molecule has 0 aliphatic heterocycles. The van der Waals surface area contributed by atoms with Gasteiger partial charge in [0, 0.05) is 18.0 Å². The lowest BCUT2D eigenvalue weighted by atomic mass is 10.3. The highest BCUT2D eigenvalue weighted by molar-refractivity contribution is 6.30. The molecule has 0 aliphatic rings. The highest BCUT2D eigenvalue weighted by Gasteiger charge is 2.04. The molecule has 0 saturated carbocycles. The number of aliphatic hydroxyl groups excluding tert-OH is 1. The molecule has 0 amide bonds. The maximum absolute atomic E-state index is 9.68. The van der Waals surface area contributed by atoms with Gasteiger partial charge in [0.1, 0.15) is 18.5 Å². The van der Waals surface area contributed by atoms with E-state index in [-0.39, 0.29) is 6.61 Å². The van der Waals surface area contributed by atoms with Gasteiger partial charge in [0.25, 0.3) is 0 Å². The van der Waals surface area contributed by atoms with Crippen LogP contribution in [0.2, 0.25) is 5.02 Å². The summed E-state index contributed by atoms with van der Waals surface area (Å²) >= 11 is 5.82. The van der Waals surface area contributed by atoms with Crippen LogP contribution in [0.25, 0.3) is 0 Å². The highest BCUT2D eigenvalue weighted by Crippen LogP contribution is 2.17. The largest absolute Gasteiger partial charge is 0.491 e. The molecule has 1 rings (SSSR count). The van der Waals surface area contributed by atoms with Gasteiger partial charge in [0.2, 0.25) is 0 Å². The van der Waals surface area contributed by atoms with Crippen LogP contribution in [-0.2, 0) is 0 Å². The summed E-state index contributed by atoms with van der Waals surface area (Å²) in [7, 11) is 0. The van der Waals surface area contributed by atoms with E-state index >= 15 is 0 Å². The van der Waals surface area contributed by atoms with Crippen LogP contribution in [0.15, 0.2) is 24.3 Å². The topological polar surface area (TPSA) is 41.5 Å². The van der Waals surface area contributed by atoms with E-state index in [4.69, 9.17) is 22.8 Å². The Morgan fingerprint density at radius 1 is 1.50 bits per heavy atom. The van der Waals surface area contributed by atoms with Gasteiger partial charge in [0.15, 0.2) is 0 Å². The zero-order valence-corrected chi connectivity index (χ0v) is 11.0. The Morgan fingerprint density at radius 2 is 2.33 bits per heavy atom. The van der Waals surface area contributed by atoms with Crippen molar-refractivity contribution in [3.05, 3.63) is 29.3 Å². The molecule has 0 aromatic heterocycles. The molecular weight excluding hydrogens is 250 g/mol. The number of rotatable bonds is 8. The maximum atomic E-state index is 9.68. The van der Waals surface area contributed by atoms with Crippen molar-refractivity contribution in [2.45, 2.75) is 18.9 Å². The van der Waals surface area contributed by atoms with E-state index in [0.717, 1.165) is 19.4 Å². The van der Waals surface area contributed by atoms with Crippen LogP contribution in [0.4, 0.5) is 0 Å². The van der Waals surface area contributed by atoms with E-state index in [1.807, 2.05) is 6.07 Å². The first kappa shape index (κ1) is 14.8. The number of unbranched alkanes of at least 4 members (excludes halogenated alkanes) is 1. The van der Waals surface area contributed by atoms with E-state index in [9.17, 15) is 5.11 Å². The summed E-state index contributed by atoms with van der Waals surface area (Å²) in [5.41, 5.74) is 0. The molecule has 0 radical (unpaired) electrons. The lowest BCUT2D eigenvalue weighted by Crippen LogP contribution is -2.31. The predicted octanol–water partition coefficient (Wildman–Crippen LogP) is 2.08. The third kappa shape index (κ3) is 6.51. The Labute approximate surface area is 113 Å². The molecule has 3 nitrogen and oxygen atoms in total. The first-order chi connectivity index (χ1) is 8.72. The van der Waals surface area contributed by atoms with Crippen molar-refractivity contribution in [1.29, 1.82) is 0 Å². The van der Waals surface area contributed by atoms with E-state index in [1.54, 1.807) is 18.2 Å². The van der Waals surface area contributed by atoms with E-state index in [2.05, 4.69) is 11.2 Å². The monoisotopic (exact) mass is 267 g/mol. The number of hydrogen-bond acceptors (Lipinski definition) is 3. The Kier molecular flexibility index (Phi) is 7.28. The summed E-state index contributed by atoms with van der Waals surface area (Å²) in [5, 5.41) is 13.4. The molecule has 0 saturated heterocycles. The standard InChI is InChI=1S/C14H18ClNO2/c1-2-3-4-8-16-10-13(17)11-18-14-7-5-6-12(15)9-14/h1,5-7,9,13,16-17H,3-4,8,10-11H2. The number of terminal acetylenes is 1. The lowest BCUT2D eigenvalue weighted by molar-refractivity contribution is 0.106. The zero-order chi connectivity index (χ0) is 13.2. The second-order valence-corrected chi connectivity index (χ2v) is 4.37. The Balaban J connectivity index is 2.13. The summed E-state index contributed by atoms with van der Waals surface area (Å²) in [4.78, 5) is 0. The van der Waals surface area contributed by atoms with Gasteiger partial charge in [-0.25, -0.2) is 0 Å². The summed E-state index contributed by atoms with van der Waals surface area (Å²) in [5.74, 6) is 3.23. The first-order valence-corrected chi connectivity index (χ1v) is 6.31. The van der Waals surface area contributed by atoms with Crippen LogP contribution in [0.1, 0.15) is 12.8 Å². The summed E-state index contributed by atoms with van der Waals surface area (Å²) in [6.07, 6.45) is 6.26.